The van der Waals surface area contributed by atoms with Gasteiger partial charge >= 0.3 is 0 Å². The topological polar surface area (TPSA) is 0 Å². The molecule has 0 spiro atoms. The third-order valence-electron chi connectivity index (χ3n) is 4.09. The molecule has 1 heteroatoms. The molecule has 0 aromatic heterocycles. The van der Waals surface area contributed by atoms with Crippen LogP contribution in [0.25, 0.3) is 11.1 Å². The molecule has 0 aliphatic carbocycles. The minimum Gasteiger partial charge on any atom is -0.206 e. The van der Waals surface area contributed by atoms with Crippen molar-refractivity contribution in [3.63, 3.8) is 0 Å². The zero-order valence-electron chi connectivity index (χ0n) is 13.3. The maximum atomic E-state index is 14.0. The molecule has 0 heterocycles. The Morgan fingerprint density at radius 1 is 0.905 bits per heavy atom. The van der Waals surface area contributed by atoms with Gasteiger partial charge in [-0.1, -0.05) is 63.1 Å². The number of hydrogen-bond acceptors (Lipinski definition) is 0. The summed E-state index contributed by atoms with van der Waals surface area (Å²) in [5.74, 6) is 0.498. The zero-order chi connectivity index (χ0) is 15.2. The van der Waals surface area contributed by atoms with Crippen LogP contribution in [-0.4, -0.2) is 0 Å². The van der Waals surface area contributed by atoms with Gasteiger partial charge in [-0.2, -0.15) is 0 Å². The number of hydrogen-bond donors (Lipinski definition) is 0. The smallest absolute Gasteiger partial charge is 0.131 e. The van der Waals surface area contributed by atoms with Crippen LogP contribution in [-0.2, 0) is 0 Å². The second-order valence-electron chi connectivity index (χ2n) is 5.88. The van der Waals surface area contributed by atoms with E-state index in [0.717, 1.165) is 11.1 Å². The van der Waals surface area contributed by atoms with Crippen molar-refractivity contribution in [2.24, 2.45) is 0 Å². The van der Waals surface area contributed by atoms with E-state index in [2.05, 4.69) is 38.1 Å². The summed E-state index contributed by atoms with van der Waals surface area (Å²) in [7, 11) is 0. The third-order valence-corrected chi connectivity index (χ3v) is 4.09. The van der Waals surface area contributed by atoms with E-state index < -0.39 is 0 Å². The van der Waals surface area contributed by atoms with Gasteiger partial charge in [-0.05, 0) is 48.4 Å². The summed E-state index contributed by atoms with van der Waals surface area (Å²) < 4.78 is 14.0. The van der Waals surface area contributed by atoms with Crippen molar-refractivity contribution in [2.45, 2.75) is 52.4 Å². The molecule has 0 aliphatic rings. The van der Waals surface area contributed by atoms with E-state index in [0.29, 0.717) is 11.5 Å². The van der Waals surface area contributed by atoms with Gasteiger partial charge in [0.25, 0.3) is 0 Å². The Morgan fingerprint density at radius 2 is 1.52 bits per heavy atom. The molecule has 2 aromatic rings. The molecule has 21 heavy (non-hydrogen) atoms. The van der Waals surface area contributed by atoms with Crippen molar-refractivity contribution in [3.8, 4) is 11.1 Å². The largest absolute Gasteiger partial charge is 0.206 e. The molecule has 0 radical (unpaired) electrons. The molecule has 0 fully saturated rings. The highest BCUT2D eigenvalue weighted by Crippen LogP contribution is 2.29. The first-order valence-electron chi connectivity index (χ1n) is 8.02. The Morgan fingerprint density at radius 3 is 2.05 bits per heavy atom. The fraction of sp³-hybridized carbons (Fsp3) is 0.400. The highest BCUT2D eigenvalue weighted by molar-refractivity contribution is 5.64. The summed E-state index contributed by atoms with van der Waals surface area (Å²) in [6, 6.07) is 13.9. The summed E-state index contributed by atoms with van der Waals surface area (Å²) >= 11 is 0. The van der Waals surface area contributed by atoms with Crippen molar-refractivity contribution >= 4 is 0 Å². The molecule has 0 saturated heterocycles. The molecule has 112 valence electrons. The first kappa shape index (κ1) is 15.8. The number of benzene rings is 2. The van der Waals surface area contributed by atoms with Crippen LogP contribution in [0.2, 0.25) is 0 Å². The van der Waals surface area contributed by atoms with E-state index >= 15 is 0 Å². The van der Waals surface area contributed by atoms with E-state index in [1.165, 1.54) is 31.2 Å². The van der Waals surface area contributed by atoms with Gasteiger partial charge < -0.3 is 0 Å². The molecule has 0 saturated carbocycles. The molecule has 0 aliphatic heterocycles. The summed E-state index contributed by atoms with van der Waals surface area (Å²) in [6.45, 7) is 6.38. The summed E-state index contributed by atoms with van der Waals surface area (Å²) in [5, 5.41) is 0. The number of aryl methyl sites for hydroxylation is 1. The van der Waals surface area contributed by atoms with Crippen molar-refractivity contribution in [1.29, 1.82) is 0 Å². The second-order valence-corrected chi connectivity index (χ2v) is 5.88. The van der Waals surface area contributed by atoms with E-state index in [1.54, 1.807) is 6.07 Å². The van der Waals surface area contributed by atoms with Crippen molar-refractivity contribution in [2.75, 3.05) is 0 Å². The molecule has 0 bridgehead atoms. The van der Waals surface area contributed by atoms with Crippen LogP contribution in [0.4, 0.5) is 4.39 Å². The van der Waals surface area contributed by atoms with Crippen LogP contribution in [0.3, 0.4) is 0 Å². The Hall–Kier alpha value is -1.63. The van der Waals surface area contributed by atoms with E-state index in [9.17, 15) is 4.39 Å². The van der Waals surface area contributed by atoms with Gasteiger partial charge in [-0.15, -0.1) is 0 Å². The second kappa shape index (κ2) is 7.40. The quantitative estimate of drug-likeness (QED) is 0.569. The Bertz CT molecular complexity index is 563. The molecule has 0 atom stereocenters. The fourth-order valence-corrected chi connectivity index (χ4v) is 2.96. The van der Waals surface area contributed by atoms with Gasteiger partial charge in [-0.3, -0.25) is 0 Å². The highest BCUT2D eigenvalue weighted by atomic mass is 19.1. The Labute approximate surface area is 128 Å². The van der Waals surface area contributed by atoms with Gasteiger partial charge in [0, 0.05) is 5.56 Å². The normalized spacial score (nSPS) is 11.1. The van der Waals surface area contributed by atoms with Crippen LogP contribution in [0, 0.1) is 12.7 Å². The minimum absolute atomic E-state index is 0.138. The van der Waals surface area contributed by atoms with Crippen LogP contribution in [0.15, 0.2) is 42.5 Å². The molecule has 0 unspecified atom stereocenters. The molecule has 0 amide bonds. The van der Waals surface area contributed by atoms with Crippen molar-refractivity contribution < 1.29 is 4.39 Å². The first-order valence-corrected chi connectivity index (χ1v) is 8.02. The highest BCUT2D eigenvalue weighted by Gasteiger charge is 2.11. The van der Waals surface area contributed by atoms with Crippen LogP contribution < -0.4 is 0 Å². The lowest BCUT2D eigenvalue weighted by atomic mass is 9.89. The third kappa shape index (κ3) is 3.93. The van der Waals surface area contributed by atoms with Crippen molar-refractivity contribution in [3.05, 3.63) is 59.4 Å². The van der Waals surface area contributed by atoms with Gasteiger partial charge in [-0.25, -0.2) is 4.39 Å². The number of rotatable bonds is 6. The van der Waals surface area contributed by atoms with Crippen molar-refractivity contribution in [1.82, 2.24) is 0 Å². The van der Waals surface area contributed by atoms with E-state index in [1.807, 2.05) is 19.1 Å². The summed E-state index contributed by atoms with van der Waals surface area (Å²) in [4.78, 5) is 0. The summed E-state index contributed by atoms with van der Waals surface area (Å²) in [5.41, 5.74) is 3.99. The van der Waals surface area contributed by atoms with E-state index in [-0.39, 0.29) is 5.82 Å². The average molecular weight is 284 g/mol. The number of halogens is 1. The van der Waals surface area contributed by atoms with Crippen LogP contribution in [0.5, 0.6) is 0 Å². The van der Waals surface area contributed by atoms with E-state index in [4.69, 9.17) is 0 Å². The molecular formula is C20H25F. The van der Waals surface area contributed by atoms with Gasteiger partial charge in [0.2, 0.25) is 0 Å². The van der Waals surface area contributed by atoms with Gasteiger partial charge in [0.1, 0.15) is 5.82 Å². The fourth-order valence-electron chi connectivity index (χ4n) is 2.96. The molecule has 2 rings (SSSR count). The maximum Gasteiger partial charge on any atom is 0.131 e. The van der Waals surface area contributed by atoms with Crippen LogP contribution >= 0.6 is 0 Å². The predicted molar refractivity (Wildman–Crippen MR) is 89.1 cm³/mol. The maximum absolute atomic E-state index is 14.0. The lowest BCUT2D eigenvalue weighted by Gasteiger charge is -2.16. The zero-order valence-corrected chi connectivity index (χ0v) is 13.3. The SMILES string of the molecule is CCCC(CCC)c1ccc(-c2ccc(C)cc2F)cc1. The Kier molecular flexibility index (Phi) is 5.55. The van der Waals surface area contributed by atoms with Gasteiger partial charge in [0.15, 0.2) is 0 Å². The van der Waals surface area contributed by atoms with Crippen LogP contribution in [0.1, 0.15) is 56.6 Å². The predicted octanol–water partition coefficient (Wildman–Crippen LogP) is 6.48. The summed E-state index contributed by atoms with van der Waals surface area (Å²) in [6.07, 6.45) is 4.87. The lowest BCUT2D eigenvalue weighted by molar-refractivity contribution is 0.561. The molecule has 0 N–H and O–H groups in total. The molecule has 0 nitrogen and oxygen atoms in total. The minimum atomic E-state index is -0.138. The average Bonchev–Trinajstić information content (AvgIpc) is 2.47. The Balaban J connectivity index is 2.25. The standard InChI is InChI=1S/C20H25F/c1-4-6-16(7-5-2)17-9-11-18(12-10-17)19-13-8-15(3)14-20(19)21/h8-14,16H,4-7H2,1-3H3. The first-order chi connectivity index (χ1) is 10.2. The lowest BCUT2D eigenvalue weighted by Crippen LogP contribution is -1.98. The molecule has 2 aromatic carbocycles. The van der Waals surface area contributed by atoms with Gasteiger partial charge in [0.05, 0.1) is 0 Å². The monoisotopic (exact) mass is 284 g/mol. The molecular weight excluding hydrogens is 259 g/mol.